The zero-order valence-electron chi connectivity index (χ0n) is 14.0. The number of methoxy groups -OCH3 is 1. The maximum absolute atomic E-state index is 12.4. The molecule has 2 heterocycles. The molecule has 1 aromatic carbocycles. The number of nitrogens with zero attached hydrogens (tertiary/aromatic N) is 2. The van der Waals surface area contributed by atoms with E-state index in [-0.39, 0.29) is 24.0 Å². The molecule has 4 N–H and O–H groups in total. The molecule has 1 fully saturated rings. The van der Waals surface area contributed by atoms with E-state index in [1.54, 1.807) is 7.11 Å². The number of H-pyrrole nitrogens is 1. The lowest BCUT2D eigenvalue weighted by Gasteiger charge is -2.14. The number of aryl methyl sites for hydroxylation is 1. The molecule has 1 saturated heterocycles. The Labute approximate surface area is 140 Å². The number of aromatic amines is 1. The summed E-state index contributed by atoms with van der Waals surface area (Å²) >= 11 is 0. The second-order valence-electron chi connectivity index (χ2n) is 5.91. The smallest absolute Gasteiger partial charge is 0.239 e. The van der Waals surface area contributed by atoms with Gasteiger partial charge in [0.05, 0.1) is 13.2 Å². The van der Waals surface area contributed by atoms with Gasteiger partial charge in [-0.1, -0.05) is 12.1 Å². The van der Waals surface area contributed by atoms with Gasteiger partial charge in [0, 0.05) is 6.04 Å². The molecule has 3 unspecified atom stereocenters. The summed E-state index contributed by atoms with van der Waals surface area (Å²) in [5, 5.41) is 9.79. The predicted molar refractivity (Wildman–Crippen MR) is 88.1 cm³/mol. The number of rotatable bonds is 5. The molecule has 24 heavy (non-hydrogen) atoms. The van der Waals surface area contributed by atoms with Gasteiger partial charge in [-0.05, 0) is 38.0 Å². The Morgan fingerprint density at radius 2 is 2.08 bits per heavy atom. The highest BCUT2D eigenvalue weighted by atomic mass is 16.5. The summed E-state index contributed by atoms with van der Waals surface area (Å²) in [5.41, 5.74) is 7.33. The van der Waals surface area contributed by atoms with Crippen molar-refractivity contribution in [1.29, 1.82) is 0 Å². The monoisotopic (exact) mass is 330 g/mol. The molecular formula is C16H22N6O2. The van der Waals surface area contributed by atoms with Crippen LogP contribution in [0.1, 0.15) is 42.6 Å². The van der Waals surface area contributed by atoms with Crippen LogP contribution in [0.2, 0.25) is 0 Å². The highest BCUT2D eigenvalue weighted by molar-refractivity contribution is 5.82. The molecular weight excluding hydrogens is 308 g/mol. The third kappa shape index (κ3) is 3.55. The van der Waals surface area contributed by atoms with Crippen molar-refractivity contribution in [3.8, 4) is 5.75 Å². The Bertz CT molecular complexity index is 699. The summed E-state index contributed by atoms with van der Waals surface area (Å²) < 4.78 is 5.16. The molecule has 2 aromatic rings. The predicted octanol–water partition coefficient (Wildman–Crippen LogP) is 0.907. The minimum atomic E-state index is -0.306. The van der Waals surface area contributed by atoms with Crippen LogP contribution in [0.4, 0.5) is 0 Å². The molecule has 0 bridgehead atoms. The van der Waals surface area contributed by atoms with Crippen LogP contribution in [0.15, 0.2) is 24.3 Å². The second kappa shape index (κ2) is 6.98. The fraction of sp³-hybridized carbons (Fsp3) is 0.438. The van der Waals surface area contributed by atoms with Gasteiger partial charge in [0.2, 0.25) is 5.91 Å². The van der Waals surface area contributed by atoms with Crippen LogP contribution in [0.25, 0.3) is 0 Å². The van der Waals surface area contributed by atoms with Crippen LogP contribution in [0, 0.1) is 6.92 Å². The van der Waals surface area contributed by atoms with Crippen molar-refractivity contribution < 1.29 is 9.53 Å². The Kier molecular flexibility index (Phi) is 4.77. The molecule has 8 heteroatoms. The topological polar surface area (TPSA) is 104 Å². The summed E-state index contributed by atoms with van der Waals surface area (Å²) in [6.07, 6.45) is 0.665. The minimum absolute atomic E-state index is 0.0755. The first-order valence-corrected chi connectivity index (χ1v) is 7.91. The molecule has 1 aliphatic heterocycles. The molecule has 1 aromatic heterocycles. The molecule has 3 rings (SSSR count). The van der Waals surface area contributed by atoms with E-state index in [1.165, 1.54) is 0 Å². The number of aromatic nitrogens is 3. The fourth-order valence-electron chi connectivity index (χ4n) is 2.72. The first-order valence-electron chi connectivity index (χ1n) is 7.91. The molecule has 3 atom stereocenters. The summed E-state index contributed by atoms with van der Waals surface area (Å²) in [5.74, 6) is 2.05. The molecule has 0 radical (unpaired) electrons. The molecule has 1 amide bonds. The standard InChI is InChI=1S/C16H22N6O2/c1-9(15-18-10(2)19-22-15)17-16(23)14-8-13(20-21-14)11-4-6-12(24-3)7-5-11/h4-7,9,13-14,20-21H,8H2,1-3H3,(H,17,23)(H,18,19,22). The molecule has 0 aliphatic carbocycles. The van der Waals surface area contributed by atoms with Crippen molar-refractivity contribution in [2.24, 2.45) is 0 Å². The van der Waals surface area contributed by atoms with Gasteiger partial charge in [-0.3, -0.25) is 9.89 Å². The number of hydrazine groups is 1. The average Bonchev–Trinajstić information content (AvgIpc) is 3.24. The molecule has 0 saturated carbocycles. The van der Waals surface area contributed by atoms with Crippen molar-refractivity contribution in [3.05, 3.63) is 41.5 Å². The SMILES string of the molecule is COc1ccc(C2CC(C(=O)NC(C)c3n[nH]c(C)n3)NN2)cc1. The first kappa shape index (κ1) is 16.4. The largest absolute Gasteiger partial charge is 0.497 e. The van der Waals surface area contributed by atoms with Gasteiger partial charge >= 0.3 is 0 Å². The van der Waals surface area contributed by atoms with Crippen molar-refractivity contribution in [2.75, 3.05) is 7.11 Å². The number of carbonyl (C=O) groups excluding carboxylic acids is 1. The van der Waals surface area contributed by atoms with Crippen LogP contribution in [-0.2, 0) is 4.79 Å². The Morgan fingerprint density at radius 1 is 1.33 bits per heavy atom. The lowest BCUT2D eigenvalue weighted by Crippen LogP contribution is -2.44. The zero-order chi connectivity index (χ0) is 17.1. The Balaban J connectivity index is 1.57. The van der Waals surface area contributed by atoms with Gasteiger partial charge in [-0.25, -0.2) is 15.8 Å². The maximum Gasteiger partial charge on any atom is 0.239 e. The summed E-state index contributed by atoms with van der Waals surface area (Å²) in [6.45, 7) is 3.69. The number of ether oxygens (including phenoxy) is 1. The highest BCUT2D eigenvalue weighted by Gasteiger charge is 2.31. The molecule has 0 spiro atoms. The van der Waals surface area contributed by atoms with Crippen LogP contribution >= 0.6 is 0 Å². The Morgan fingerprint density at radius 3 is 2.71 bits per heavy atom. The van der Waals surface area contributed by atoms with Crippen LogP contribution in [0.5, 0.6) is 5.75 Å². The number of hydrogen-bond acceptors (Lipinski definition) is 6. The van der Waals surface area contributed by atoms with Crippen LogP contribution in [0.3, 0.4) is 0 Å². The molecule has 128 valence electrons. The maximum atomic E-state index is 12.4. The molecule has 1 aliphatic rings. The van der Waals surface area contributed by atoms with E-state index in [0.29, 0.717) is 12.2 Å². The van der Waals surface area contributed by atoms with Crippen LogP contribution < -0.4 is 20.9 Å². The number of nitrogens with one attached hydrogen (secondary N) is 4. The van der Waals surface area contributed by atoms with Crippen molar-refractivity contribution in [3.63, 3.8) is 0 Å². The third-order valence-electron chi connectivity index (χ3n) is 4.10. The summed E-state index contributed by atoms with van der Waals surface area (Å²) in [7, 11) is 1.64. The van der Waals surface area contributed by atoms with E-state index in [0.717, 1.165) is 17.1 Å². The van der Waals surface area contributed by atoms with Crippen molar-refractivity contribution >= 4 is 5.91 Å². The fourth-order valence-corrected chi connectivity index (χ4v) is 2.72. The quantitative estimate of drug-likeness (QED) is 0.650. The van der Waals surface area contributed by atoms with E-state index >= 15 is 0 Å². The number of benzene rings is 1. The zero-order valence-corrected chi connectivity index (χ0v) is 14.0. The lowest BCUT2D eigenvalue weighted by molar-refractivity contribution is -0.123. The summed E-state index contributed by atoms with van der Waals surface area (Å²) in [6, 6.07) is 7.35. The van der Waals surface area contributed by atoms with Crippen LogP contribution in [-0.4, -0.2) is 34.2 Å². The third-order valence-corrected chi connectivity index (χ3v) is 4.10. The normalized spacial score (nSPS) is 21.5. The number of carbonyl (C=O) groups is 1. The minimum Gasteiger partial charge on any atom is -0.497 e. The molecule has 8 nitrogen and oxygen atoms in total. The van der Waals surface area contributed by atoms with Gasteiger partial charge in [0.25, 0.3) is 0 Å². The van der Waals surface area contributed by atoms with Gasteiger partial charge in [0.1, 0.15) is 17.6 Å². The van der Waals surface area contributed by atoms with E-state index in [9.17, 15) is 4.79 Å². The Hall–Kier alpha value is -2.45. The second-order valence-corrected chi connectivity index (χ2v) is 5.91. The first-order chi connectivity index (χ1) is 11.6. The van der Waals surface area contributed by atoms with Gasteiger partial charge in [-0.15, -0.1) is 0 Å². The number of amides is 1. The van der Waals surface area contributed by atoms with Crippen molar-refractivity contribution in [1.82, 2.24) is 31.3 Å². The van der Waals surface area contributed by atoms with Gasteiger partial charge in [0.15, 0.2) is 5.82 Å². The van der Waals surface area contributed by atoms with Gasteiger partial charge in [-0.2, -0.15) is 5.10 Å². The van der Waals surface area contributed by atoms with E-state index in [4.69, 9.17) is 4.74 Å². The number of hydrogen-bond donors (Lipinski definition) is 4. The lowest BCUT2D eigenvalue weighted by atomic mass is 10.0. The van der Waals surface area contributed by atoms with E-state index < -0.39 is 0 Å². The highest BCUT2D eigenvalue weighted by Crippen LogP contribution is 2.24. The van der Waals surface area contributed by atoms with Crippen molar-refractivity contribution in [2.45, 2.75) is 38.4 Å². The van der Waals surface area contributed by atoms with E-state index in [2.05, 4.69) is 31.3 Å². The summed E-state index contributed by atoms with van der Waals surface area (Å²) in [4.78, 5) is 16.7. The average molecular weight is 330 g/mol. The van der Waals surface area contributed by atoms with Gasteiger partial charge < -0.3 is 10.1 Å². The van der Waals surface area contributed by atoms with E-state index in [1.807, 2.05) is 38.1 Å².